The summed E-state index contributed by atoms with van der Waals surface area (Å²) in [7, 11) is -4.05. The molecule has 0 atom stereocenters. The highest BCUT2D eigenvalue weighted by atomic mass is 32.2. The van der Waals surface area contributed by atoms with Gasteiger partial charge in [-0.15, -0.1) is 0 Å². The number of nitrogens with zero attached hydrogens (tertiary/aromatic N) is 1. The van der Waals surface area contributed by atoms with Crippen LogP contribution in [0, 0.1) is 17.0 Å². The van der Waals surface area contributed by atoms with Gasteiger partial charge in [-0.2, -0.15) is 0 Å². The average Bonchev–Trinajstić information content (AvgIpc) is 2.57. The van der Waals surface area contributed by atoms with E-state index in [2.05, 4.69) is 4.72 Å². The fraction of sp³-hybridized carbons (Fsp3) is 0.188. The molecule has 0 bridgehead atoms. The summed E-state index contributed by atoms with van der Waals surface area (Å²) in [6.07, 6.45) is 0. The summed E-state index contributed by atoms with van der Waals surface area (Å²) in [6, 6.07) is 9.17. The van der Waals surface area contributed by atoms with E-state index in [1.807, 2.05) is 0 Å². The van der Waals surface area contributed by atoms with Gasteiger partial charge in [-0.05, 0) is 37.6 Å². The van der Waals surface area contributed by atoms with Gasteiger partial charge in [0.25, 0.3) is 15.7 Å². The van der Waals surface area contributed by atoms with Crippen molar-refractivity contribution < 1.29 is 22.9 Å². The van der Waals surface area contributed by atoms with Crippen LogP contribution in [-0.4, -0.2) is 25.9 Å². The molecule has 25 heavy (non-hydrogen) atoms. The molecule has 1 N–H and O–H groups in total. The lowest BCUT2D eigenvalue weighted by Gasteiger charge is -2.12. The molecular formula is C16H16N2O6S. The third kappa shape index (κ3) is 4.32. The molecule has 0 aromatic heterocycles. The second-order valence-corrected chi connectivity index (χ2v) is 6.79. The summed E-state index contributed by atoms with van der Waals surface area (Å²) in [6.45, 7) is 3.53. The molecule has 0 radical (unpaired) electrons. The predicted octanol–water partition coefficient (Wildman–Crippen LogP) is 2.88. The number of esters is 1. The Bertz CT molecular complexity index is 924. The Morgan fingerprint density at radius 1 is 1.24 bits per heavy atom. The average molecular weight is 364 g/mol. The maximum Gasteiger partial charge on any atom is 0.338 e. The fourth-order valence-electron chi connectivity index (χ4n) is 2.04. The number of hydrogen-bond donors (Lipinski definition) is 1. The molecule has 0 saturated heterocycles. The van der Waals surface area contributed by atoms with Crippen LogP contribution in [0.5, 0.6) is 0 Å². The lowest BCUT2D eigenvalue weighted by molar-refractivity contribution is -0.385. The number of ether oxygens (including phenoxy) is 1. The van der Waals surface area contributed by atoms with Gasteiger partial charge >= 0.3 is 5.97 Å². The van der Waals surface area contributed by atoms with Crippen molar-refractivity contribution in [1.82, 2.24) is 0 Å². The van der Waals surface area contributed by atoms with Crippen LogP contribution < -0.4 is 4.72 Å². The zero-order valence-electron chi connectivity index (χ0n) is 13.6. The number of nitro benzene ring substituents is 1. The molecule has 0 amide bonds. The first-order chi connectivity index (χ1) is 11.7. The zero-order chi connectivity index (χ0) is 18.6. The number of non-ortho nitro benzene ring substituents is 1. The van der Waals surface area contributed by atoms with E-state index >= 15 is 0 Å². The maximum absolute atomic E-state index is 12.5. The Hall–Kier alpha value is -2.94. The Morgan fingerprint density at radius 2 is 1.96 bits per heavy atom. The lowest BCUT2D eigenvalue weighted by atomic mass is 10.1. The summed E-state index contributed by atoms with van der Waals surface area (Å²) in [5.41, 5.74) is 0.642. The maximum atomic E-state index is 12.5. The normalized spacial score (nSPS) is 11.0. The van der Waals surface area contributed by atoms with E-state index in [4.69, 9.17) is 4.74 Å². The van der Waals surface area contributed by atoms with Gasteiger partial charge in [0.15, 0.2) is 0 Å². The van der Waals surface area contributed by atoms with Crippen LogP contribution in [0.25, 0.3) is 0 Å². The fourth-order valence-corrected chi connectivity index (χ4v) is 3.20. The van der Waals surface area contributed by atoms with Gasteiger partial charge in [0, 0.05) is 12.1 Å². The van der Waals surface area contributed by atoms with Crippen molar-refractivity contribution in [2.24, 2.45) is 0 Å². The van der Waals surface area contributed by atoms with E-state index in [1.54, 1.807) is 19.9 Å². The van der Waals surface area contributed by atoms with Gasteiger partial charge in [-0.25, -0.2) is 13.2 Å². The topological polar surface area (TPSA) is 116 Å². The van der Waals surface area contributed by atoms with Crippen molar-refractivity contribution in [1.29, 1.82) is 0 Å². The molecule has 0 spiro atoms. The summed E-state index contributed by atoms with van der Waals surface area (Å²) >= 11 is 0. The van der Waals surface area contributed by atoms with Crippen LogP contribution >= 0.6 is 0 Å². The molecule has 132 valence electrons. The van der Waals surface area contributed by atoms with Crippen molar-refractivity contribution in [3.63, 3.8) is 0 Å². The van der Waals surface area contributed by atoms with E-state index in [0.717, 1.165) is 6.07 Å². The molecule has 0 saturated carbocycles. The highest BCUT2D eigenvalue weighted by molar-refractivity contribution is 7.92. The molecule has 9 heteroatoms. The van der Waals surface area contributed by atoms with Gasteiger partial charge < -0.3 is 4.74 Å². The Labute approximate surface area is 144 Å². The number of carbonyl (C=O) groups excluding carboxylic acids is 1. The summed E-state index contributed by atoms with van der Waals surface area (Å²) in [5.74, 6) is -0.571. The SMILES string of the molecule is CCOC(=O)c1ccc(C)c(NS(=O)(=O)c2cccc([N+](=O)[O-])c2)c1. The third-order valence-corrected chi connectivity index (χ3v) is 4.69. The summed E-state index contributed by atoms with van der Waals surface area (Å²) in [5, 5.41) is 10.8. The Balaban J connectivity index is 2.37. The molecule has 2 aromatic rings. The van der Waals surface area contributed by atoms with Crippen LogP contribution in [0.3, 0.4) is 0 Å². The first kappa shape index (κ1) is 18.4. The predicted molar refractivity (Wildman–Crippen MR) is 91.0 cm³/mol. The van der Waals surface area contributed by atoms with E-state index in [0.29, 0.717) is 5.56 Å². The molecule has 2 rings (SSSR count). The molecule has 8 nitrogen and oxygen atoms in total. The lowest BCUT2D eigenvalue weighted by Crippen LogP contribution is -2.15. The molecule has 0 aliphatic carbocycles. The molecular weight excluding hydrogens is 348 g/mol. The van der Waals surface area contributed by atoms with Gasteiger partial charge in [0.1, 0.15) is 0 Å². The van der Waals surface area contributed by atoms with Crippen molar-refractivity contribution in [2.75, 3.05) is 11.3 Å². The van der Waals surface area contributed by atoms with E-state index in [9.17, 15) is 23.3 Å². The number of carbonyl (C=O) groups is 1. The number of hydrogen-bond acceptors (Lipinski definition) is 6. The standard InChI is InChI=1S/C16H16N2O6S/c1-3-24-16(19)12-8-7-11(2)15(9-12)17-25(22,23)14-6-4-5-13(10-14)18(20)21/h4-10,17H,3H2,1-2H3. The minimum atomic E-state index is -4.05. The number of rotatable bonds is 6. The number of nitro groups is 1. The summed E-state index contributed by atoms with van der Waals surface area (Å²) in [4.78, 5) is 21.7. The second-order valence-electron chi connectivity index (χ2n) is 5.11. The minimum absolute atomic E-state index is 0.192. The van der Waals surface area contributed by atoms with E-state index < -0.39 is 20.9 Å². The second kappa shape index (κ2) is 7.31. The molecule has 0 aliphatic heterocycles. The first-order valence-electron chi connectivity index (χ1n) is 7.29. The third-order valence-electron chi connectivity index (χ3n) is 3.33. The molecule has 0 heterocycles. The van der Waals surface area contributed by atoms with Crippen molar-refractivity contribution in [3.8, 4) is 0 Å². The minimum Gasteiger partial charge on any atom is -0.462 e. The number of aryl methyl sites for hydroxylation is 1. The first-order valence-corrected chi connectivity index (χ1v) is 8.78. The van der Waals surface area contributed by atoms with Crippen LogP contribution in [-0.2, 0) is 14.8 Å². The van der Waals surface area contributed by atoms with E-state index in [1.165, 1.54) is 30.3 Å². The van der Waals surface area contributed by atoms with Crippen LogP contribution in [0.2, 0.25) is 0 Å². The quantitative estimate of drug-likeness (QED) is 0.479. The van der Waals surface area contributed by atoms with Crippen molar-refractivity contribution in [3.05, 3.63) is 63.7 Å². The Morgan fingerprint density at radius 3 is 2.60 bits per heavy atom. The van der Waals surface area contributed by atoms with E-state index in [-0.39, 0.29) is 28.4 Å². The number of nitrogens with one attached hydrogen (secondary N) is 1. The number of benzene rings is 2. The van der Waals surface area contributed by atoms with Crippen LogP contribution in [0.1, 0.15) is 22.8 Å². The van der Waals surface area contributed by atoms with Gasteiger partial charge in [0.2, 0.25) is 0 Å². The van der Waals surface area contributed by atoms with Gasteiger partial charge in [-0.1, -0.05) is 12.1 Å². The van der Waals surface area contributed by atoms with Gasteiger partial charge in [-0.3, -0.25) is 14.8 Å². The van der Waals surface area contributed by atoms with Crippen molar-refractivity contribution >= 4 is 27.4 Å². The monoisotopic (exact) mass is 364 g/mol. The zero-order valence-corrected chi connectivity index (χ0v) is 14.4. The van der Waals surface area contributed by atoms with Crippen LogP contribution in [0.15, 0.2) is 47.4 Å². The number of sulfonamides is 1. The highest BCUT2D eigenvalue weighted by Crippen LogP contribution is 2.23. The molecule has 0 aliphatic rings. The largest absolute Gasteiger partial charge is 0.462 e. The molecule has 0 fully saturated rings. The van der Waals surface area contributed by atoms with Crippen LogP contribution in [0.4, 0.5) is 11.4 Å². The molecule has 2 aromatic carbocycles. The van der Waals surface area contributed by atoms with Gasteiger partial charge in [0.05, 0.1) is 27.7 Å². The smallest absolute Gasteiger partial charge is 0.338 e. The Kier molecular flexibility index (Phi) is 5.38. The highest BCUT2D eigenvalue weighted by Gasteiger charge is 2.19. The number of anilines is 1. The van der Waals surface area contributed by atoms with Crippen molar-refractivity contribution in [2.45, 2.75) is 18.7 Å². The summed E-state index contributed by atoms with van der Waals surface area (Å²) < 4.78 is 32.2. The molecule has 0 unspecified atom stereocenters.